The largest absolute Gasteiger partial charge is 0.478 e. The Balaban J connectivity index is 1.59. The quantitative estimate of drug-likeness (QED) is 0.423. The minimum Gasteiger partial charge on any atom is -0.478 e. The van der Waals surface area contributed by atoms with Crippen LogP contribution in [0.3, 0.4) is 0 Å². The third-order valence-electron chi connectivity index (χ3n) is 6.95. The number of likely N-dealkylation sites (tertiary alicyclic amines) is 1. The third-order valence-corrected chi connectivity index (χ3v) is 6.95. The highest BCUT2D eigenvalue weighted by Crippen LogP contribution is 2.28. The van der Waals surface area contributed by atoms with E-state index in [2.05, 4.69) is 65.4 Å². The lowest BCUT2D eigenvalue weighted by molar-refractivity contribution is -0.131. The number of piperidine rings is 1. The van der Waals surface area contributed by atoms with Crippen LogP contribution in [0.4, 0.5) is 11.4 Å². The summed E-state index contributed by atoms with van der Waals surface area (Å²) in [6, 6.07) is 24.3. The summed E-state index contributed by atoms with van der Waals surface area (Å²) in [5.74, 6) is -0.902. The molecule has 3 aromatic rings. The Morgan fingerprint density at radius 2 is 1.54 bits per heavy atom. The summed E-state index contributed by atoms with van der Waals surface area (Å²) in [6.07, 6.45) is 4.35. The molecule has 1 amide bonds. The summed E-state index contributed by atoms with van der Waals surface area (Å²) < 4.78 is 0. The molecule has 1 aliphatic rings. The second kappa shape index (κ2) is 11.9. The summed E-state index contributed by atoms with van der Waals surface area (Å²) in [4.78, 5) is 30.9. The van der Waals surface area contributed by atoms with Gasteiger partial charge in [-0.05, 0) is 85.6 Å². The fraction of sp³-hybridized carbons (Fsp3) is 0.290. The van der Waals surface area contributed by atoms with E-state index in [4.69, 9.17) is 5.11 Å². The molecule has 1 N–H and O–H groups in total. The predicted octanol–water partition coefficient (Wildman–Crippen LogP) is 5.39. The number of hydrogen-bond donors (Lipinski definition) is 1. The summed E-state index contributed by atoms with van der Waals surface area (Å²) in [5.41, 5.74) is 6.00. The van der Waals surface area contributed by atoms with Gasteiger partial charge >= 0.3 is 5.97 Å². The van der Waals surface area contributed by atoms with Crippen molar-refractivity contribution in [2.24, 2.45) is 5.92 Å². The van der Waals surface area contributed by atoms with Crippen molar-refractivity contribution < 1.29 is 14.7 Å². The molecule has 1 heterocycles. The number of anilines is 2. The normalized spacial score (nSPS) is 14.6. The zero-order valence-electron chi connectivity index (χ0n) is 21.8. The third kappa shape index (κ3) is 6.86. The summed E-state index contributed by atoms with van der Waals surface area (Å²) in [7, 11) is 6.15. The van der Waals surface area contributed by atoms with Gasteiger partial charge in [0.15, 0.2) is 0 Å². The molecule has 1 saturated heterocycles. The Morgan fingerprint density at radius 1 is 0.919 bits per heavy atom. The number of carboxylic acid groups (broad SMARTS) is 1. The molecular formula is C31H35N3O3. The van der Waals surface area contributed by atoms with Gasteiger partial charge in [-0.15, -0.1) is 0 Å². The Kier molecular flexibility index (Phi) is 8.41. The van der Waals surface area contributed by atoms with Crippen LogP contribution < -0.4 is 9.80 Å². The van der Waals surface area contributed by atoms with Gasteiger partial charge in [0.2, 0.25) is 5.91 Å². The molecule has 37 heavy (non-hydrogen) atoms. The van der Waals surface area contributed by atoms with Crippen LogP contribution in [0.1, 0.15) is 24.0 Å². The van der Waals surface area contributed by atoms with E-state index in [1.165, 1.54) is 0 Å². The van der Waals surface area contributed by atoms with Crippen molar-refractivity contribution in [1.29, 1.82) is 0 Å². The molecule has 0 unspecified atom stereocenters. The average molecular weight is 498 g/mol. The number of rotatable bonds is 8. The monoisotopic (exact) mass is 497 g/mol. The molecule has 0 atom stereocenters. The van der Waals surface area contributed by atoms with Gasteiger partial charge in [0.05, 0.1) is 6.54 Å². The van der Waals surface area contributed by atoms with Crippen molar-refractivity contribution in [3.8, 4) is 11.1 Å². The first kappa shape index (κ1) is 26.2. The van der Waals surface area contributed by atoms with Crippen LogP contribution in [0.25, 0.3) is 17.2 Å². The number of benzene rings is 3. The van der Waals surface area contributed by atoms with E-state index < -0.39 is 5.97 Å². The predicted molar refractivity (Wildman–Crippen MR) is 151 cm³/mol. The standard InChI is InChI=1S/C31H35N3O3/c1-32(2)28-14-12-26(13-15-28)25-10-7-24(8-11-25)22-34(31(37)27-17-19-33(3)20-18-27)29-6-4-5-23(21-29)9-16-30(35)36/h4-16,21,27H,17-20,22H2,1-3H3,(H,35,36). The lowest BCUT2D eigenvalue weighted by Gasteiger charge is -2.33. The maximum atomic E-state index is 13.8. The highest BCUT2D eigenvalue weighted by molar-refractivity contribution is 5.95. The number of carbonyl (C=O) groups is 2. The molecule has 3 aromatic carbocycles. The topological polar surface area (TPSA) is 64.1 Å². The minimum atomic E-state index is -0.999. The molecule has 0 spiro atoms. The highest BCUT2D eigenvalue weighted by Gasteiger charge is 2.28. The van der Waals surface area contributed by atoms with Crippen molar-refractivity contribution in [2.75, 3.05) is 44.0 Å². The zero-order valence-corrected chi connectivity index (χ0v) is 21.8. The SMILES string of the molecule is CN1CCC(C(=O)N(Cc2ccc(-c3ccc(N(C)C)cc3)cc2)c2cccc(C=CC(=O)O)c2)CC1. The number of carbonyl (C=O) groups excluding carboxylic acids is 1. The van der Waals surface area contributed by atoms with E-state index in [0.717, 1.165) is 65.6 Å². The molecule has 0 aliphatic carbocycles. The number of aliphatic carboxylic acids is 1. The molecule has 0 bridgehead atoms. The summed E-state index contributed by atoms with van der Waals surface area (Å²) in [6.45, 7) is 2.27. The Hall–Kier alpha value is -3.90. The fourth-order valence-electron chi connectivity index (χ4n) is 4.67. The highest BCUT2D eigenvalue weighted by atomic mass is 16.4. The molecule has 0 radical (unpaired) electrons. The van der Waals surface area contributed by atoms with E-state index >= 15 is 0 Å². The van der Waals surface area contributed by atoms with Crippen molar-refractivity contribution >= 4 is 29.3 Å². The number of nitrogens with zero attached hydrogens (tertiary/aromatic N) is 3. The second-order valence-electron chi connectivity index (χ2n) is 9.91. The van der Waals surface area contributed by atoms with Crippen LogP contribution in [-0.2, 0) is 16.1 Å². The lowest BCUT2D eigenvalue weighted by atomic mass is 9.95. The van der Waals surface area contributed by atoms with E-state index in [-0.39, 0.29) is 11.8 Å². The molecule has 4 rings (SSSR count). The number of hydrogen-bond acceptors (Lipinski definition) is 4. The first-order valence-electron chi connectivity index (χ1n) is 12.7. The minimum absolute atomic E-state index is 0.0242. The van der Waals surface area contributed by atoms with Crippen LogP contribution in [0, 0.1) is 5.92 Å². The van der Waals surface area contributed by atoms with Gasteiger partial charge in [-0.3, -0.25) is 4.79 Å². The van der Waals surface area contributed by atoms with Gasteiger partial charge in [0.25, 0.3) is 0 Å². The zero-order chi connectivity index (χ0) is 26.4. The van der Waals surface area contributed by atoms with Crippen molar-refractivity contribution in [3.63, 3.8) is 0 Å². The van der Waals surface area contributed by atoms with Crippen LogP contribution in [0.2, 0.25) is 0 Å². The van der Waals surface area contributed by atoms with Crippen LogP contribution in [0.5, 0.6) is 0 Å². The van der Waals surface area contributed by atoms with Gasteiger partial charge in [0.1, 0.15) is 0 Å². The van der Waals surface area contributed by atoms with E-state index in [1.807, 2.05) is 43.3 Å². The maximum absolute atomic E-state index is 13.8. The smallest absolute Gasteiger partial charge is 0.328 e. The fourth-order valence-corrected chi connectivity index (χ4v) is 4.67. The van der Waals surface area contributed by atoms with E-state index in [9.17, 15) is 9.59 Å². The first-order chi connectivity index (χ1) is 17.8. The summed E-state index contributed by atoms with van der Waals surface area (Å²) in [5, 5.41) is 9.01. The van der Waals surface area contributed by atoms with E-state index in [0.29, 0.717) is 6.54 Å². The number of amides is 1. The van der Waals surface area contributed by atoms with Crippen molar-refractivity contribution in [3.05, 3.63) is 90.0 Å². The van der Waals surface area contributed by atoms with Crippen molar-refractivity contribution in [1.82, 2.24) is 4.90 Å². The first-order valence-corrected chi connectivity index (χ1v) is 12.7. The van der Waals surface area contributed by atoms with Crippen molar-refractivity contribution in [2.45, 2.75) is 19.4 Å². The van der Waals surface area contributed by atoms with Crippen LogP contribution in [-0.4, -0.2) is 56.1 Å². The van der Waals surface area contributed by atoms with Gasteiger partial charge in [-0.1, -0.05) is 48.5 Å². The Morgan fingerprint density at radius 3 is 2.14 bits per heavy atom. The average Bonchev–Trinajstić information content (AvgIpc) is 2.91. The van der Waals surface area contributed by atoms with Gasteiger partial charge in [-0.2, -0.15) is 0 Å². The summed E-state index contributed by atoms with van der Waals surface area (Å²) >= 11 is 0. The molecule has 1 fully saturated rings. The Bertz CT molecular complexity index is 1240. The van der Waals surface area contributed by atoms with Crippen LogP contribution >= 0.6 is 0 Å². The van der Waals surface area contributed by atoms with Gasteiger partial charge in [0, 0.05) is 37.5 Å². The lowest BCUT2D eigenvalue weighted by Crippen LogP contribution is -2.41. The molecule has 1 aliphatic heterocycles. The molecule has 6 heteroatoms. The molecule has 0 saturated carbocycles. The van der Waals surface area contributed by atoms with Crippen LogP contribution in [0.15, 0.2) is 78.9 Å². The number of carboxylic acids is 1. The molecular weight excluding hydrogens is 462 g/mol. The van der Waals surface area contributed by atoms with Gasteiger partial charge < -0.3 is 19.8 Å². The second-order valence-corrected chi connectivity index (χ2v) is 9.91. The van der Waals surface area contributed by atoms with E-state index in [1.54, 1.807) is 6.08 Å². The molecule has 192 valence electrons. The Labute approximate surface area is 219 Å². The maximum Gasteiger partial charge on any atom is 0.328 e. The van der Waals surface area contributed by atoms with Gasteiger partial charge in [-0.25, -0.2) is 4.79 Å². The molecule has 0 aromatic heterocycles. The molecule has 6 nitrogen and oxygen atoms in total.